The number of carbonyl (C=O) groups is 3. The second-order valence-electron chi connectivity index (χ2n) is 3.72. The standard InChI is InChI=1S/C13H5Cl3O3/c14-11(17)8-5-6-3-1-2-4-7(6)9(12(15)18)10(8)13(16)19/h1-5H. The summed E-state index contributed by atoms with van der Waals surface area (Å²) in [5.74, 6) is 0. The minimum absolute atomic E-state index is 0.108. The predicted molar refractivity (Wildman–Crippen MR) is 74.5 cm³/mol. The van der Waals surface area contributed by atoms with Gasteiger partial charge in [0.15, 0.2) is 0 Å². The highest BCUT2D eigenvalue weighted by Gasteiger charge is 2.24. The summed E-state index contributed by atoms with van der Waals surface area (Å²) in [6.07, 6.45) is 0. The van der Waals surface area contributed by atoms with Crippen molar-refractivity contribution >= 4 is 61.3 Å². The third kappa shape index (κ3) is 2.50. The first-order chi connectivity index (χ1) is 8.93. The fourth-order valence-corrected chi connectivity index (χ4v) is 2.45. The molecule has 0 radical (unpaired) electrons. The maximum Gasteiger partial charge on any atom is 0.253 e. The van der Waals surface area contributed by atoms with Gasteiger partial charge < -0.3 is 0 Å². The van der Waals surface area contributed by atoms with Crippen LogP contribution in [0.1, 0.15) is 31.1 Å². The molecule has 0 aromatic heterocycles. The topological polar surface area (TPSA) is 51.2 Å². The van der Waals surface area contributed by atoms with E-state index in [4.69, 9.17) is 34.8 Å². The Morgan fingerprint density at radius 1 is 0.789 bits per heavy atom. The van der Waals surface area contributed by atoms with Gasteiger partial charge in [0.2, 0.25) is 0 Å². The van der Waals surface area contributed by atoms with Crippen LogP contribution in [0.15, 0.2) is 30.3 Å². The molecule has 19 heavy (non-hydrogen) atoms. The Morgan fingerprint density at radius 3 is 1.89 bits per heavy atom. The number of hydrogen-bond donors (Lipinski definition) is 0. The van der Waals surface area contributed by atoms with E-state index in [0.29, 0.717) is 10.8 Å². The van der Waals surface area contributed by atoms with Crippen LogP contribution in [-0.2, 0) is 0 Å². The SMILES string of the molecule is O=C(Cl)c1cc2ccccc2c(C(=O)Cl)c1C(=O)Cl. The van der Waals surface area contributed by atoms with Crippen molar-refractivity contribution in [1.82, 2.24) is 0 Å². The summed E-state index contributed by atoms with van der Waals surface area (Å²) in [7, 11) is 0. The van der Waals surface area contributed by atoms with Crippen molar-refractivity contribution in [2.75, 3.05) is 0 Å². The molecule has 0 aliphatic heterocycles. The highest BCUT2D eigenvalue weighted by molar-refractivity contribution is 6.75. The first-order valence-corrected chi connectivity index (χ1v) is 6.22. The Kier molecular flexibility index (Phi) is 3.90. The summed E-state index contributed by atoms with van der Waals surface area (Å²) in [5, 5.41) is -1.71. The average molecular weight is 316 g/mol. The van der Waals surface area contributed by atoms with Gasteiger partial charge in [-0.3, -0.25) is 14.4 Å². The van der Waals surface area contributed by atoms with Crippen LogP contribution in [-0.4, -0.2) is 15.7 Å². The molecule has 0 saturated carbocycles. The van der Waals surface area contributed by atoms with Gasteiger partial charge in [0.1, 0.15) is 0 Å². The maximum absolute atomic E-state index is 11.6. The first-order valence-electron chi connectivity index (χ1n) is 5.08. The van der Waals surface area contributed by atoms with E-state index in [2.05, 4.69) is 0 Å². The van der Waals surface area contributed by atoms with E-state index in [1.807, 2.05) is 0 Å². The summed E-state index contributed by atoms with van der Waals surface area (Å²) >= 11 is 16.4. The second kappa shape index (κ2) is 5.29. The average Bonchev–Trinajstić information content (AvgIpc) is 2.35. The van der Waals surface area contributed by atoms with Crippen LogP contribution >= 0.6 is 34.8 Å². The molecule has 0 saturated heterocycles. The van der Waals surface area contributed by atoms with E-state index in [0.717, 1.165) is 0 Å². The fourth-order valence-electron chi connectivity index (χ4n) is 1.91. The van der Waals surface area contributed by atoms with E-state index in [-0.39, 0.29) is 16.7 Å². The molecule has 96 valence electrons. The molecule has 0 aliphatic rings. The molecule has 0 unspecified atom stereocenters. The quantitative estimate of drug-likeness (QED) is 0.805. The molecule has 0 amide bonds. The fraction of sp³-hybridized carbons (Fsp3) is 0. The third-order valence-electron chi connectivity index (χ3n) is 2.65. The summed E-state index contributed by atoms with van der Waals surface area (Å²) in [6.45, 7) is 0. The Hall–Kier alpha value is -1.42. The van der Waals surface area contributed by atoms with Gasteiger partial charge in [-0.2, -0.15) is 0 Å². The largest absolute Gasteiger partial charge is 0.276 e. The van der Waals surface area contributed by atoms with Gasteiger partial charge >= 0.3 is 0 Å². The molecule has 6 heteroatoms. The van der Waals surface area contributed by atoms with E-state index in [1.165, 1.54) is 6.07 Å². The molecule has 2 rings (SSSR count). The van der Waals surface area contributed by atoms with E-state index >= 15 is 0 Å². The highest BCUT2D eigenvalue weighted by atomic mass is 35.5. The van der Waals surface area contributed by atoms with Crippen LogP contribution < -0.4 is 0 Å². The van der Waals surface area contributed by atoms with Crippen molar-refractivity contribution < 1.29 is 14.4 Å². The minimum atomic E-state index is -0.959. The Balaban J connectivity index is 3.04. The zero-order chi connectivity index (χ0) is 14.2. The van der Waals surface area contributed by atoms with Gasteiger partial charge in [-0.05, 0) is 51.6 Å². The van der Waals surface area contributed by atoms with Crippen molar-refractivity contribution in [3.05, 3.63) is 47.0 Å². The molecule has 0 fully saturated rings. The van der Waals surface area contributed by atoms with Crippen LogP contribution in [0.25, 0.3) is 10.8 Å². The lowest BCUT2D eigenvalue weighted by Gasteiger charge is -2.10. The molecule has 0 spiro atoms. The van der Waals surface area contributed by atoms with Crippen molar-refractivity contribution in [2.45, 2.75) is 0 Å². The van der Waals surface area contributed by atoms with Gasteiger partial charge in [-0.1, -0.05) is 24.3 Å². The lowest BCUT2D eigenvalue weighted by atomic mass is 9.95. The van der Waals surface area contributed by atoms with Gasteiger partial charge in [0, 0.05) is 5.56 Å². The zero-order valence-corrected chi connectivity index (χ0v) is 11.5. The van der Waals surface area contributed by atoms with E-state index < -0.39 is 15.7 Å². The number of rotatable bonds is 3. The maximum atomic E-state index is 11.6. The Labute approximate surface area is 123 Å². The summed E-state index contributed by atoms with van der Waals surface area (Å²) in [6, 6.07) is 8.08. The van der Waals surface area contributed by atoms with Crippen LogP contribution in [0.5, 0.6) is 0 Å². The monoisotopic (exact) mass is 314 g/mol. The van der Waals surface area contributed by atoms with E-state index in [1.54, 1.807) is 24.3 Å². The van der Waals surface area contributed by atoms with E-state index in [9.17, 15) is 14.4 Å². The molecule has 0 bridgehead atoms. The van der Waals surface area contributed by atoms with Gasteiger partial charge in [-0.25, -0.2) is 0 Å². The Morgan fingerprint density at radius 2 is 1.37 bits per heavy atom. The first kappa shape index (κ1) is 14.0. The highest BCUT2D eigenvalue weighted by Crippen LogP contribution is 2.29. The summed E-state index contributed by atoms with van der Waals surface area (Å²) in [5.41, 5.74) is -0.506. The molecule has 0 atom stereocenters. The molecule has 2 aromatic carbocycles. The number of halogens is 3. The van der Waals surface area contributed by atoms with Crippen molar-refractivity contribution in [2.24, 2.45) is 0 Å². The summed E-state index contributed by atoms with van der Waals surface area (Å²) < 4.78 is 0. The molecule has 0 heterocycles. The number of fused-ring (bicyclic) bond motifs is 1. The van der Waals surface area contributed by atoms with Crippen LogP contribution in [0.2, 0.25) is 0 Å². The van der Waals surface area contributed by atoms with Gasteiger partial charge in [0.25, 0.3) is 15.7 Å². The lowest BCUT2D eigenvalue weighted by Crippen LogP contribution is -2.09. The molecule has 0 aliphatic carbocycles. The zero-order valence-electron chi connectivity index (χ0n) is 9.25. The predicted octanol–water partition coefficient (Wildman–Crippen LogP) is 3.98. The minimum Gasteiger partial charge on any atom is -0.276 e. The van der Waals surface area contributed by atoms with Crippen LogP contribution in [0.3, 0.4) is 0 Å². The molecule has 0 N–H and O–H groups in total. The molecular weight excluding hydrogens is 310 g/mol. The van der Waals surface area contributed by atoms with Crippen LogP contribution in [0.4, 0.5) is 0 Å². The number of hydrogen-bond acceptors (Lipinski definition) is 3. The number of benzene rings is 2. The lowest BCUT2D eigenvalue weighted by molar-refractivity contribution is 0.104. The normalized spacial score (nSPS) is 10.5. The van der Waals surface area contributed by atoms with Gasteiger partial charge in [0.05, 0.1) is 11.1 Å². The molecule has 2 aromatic rings. The Bertz CT molecular complexity index is 722. The smallest absolute Gasteiger partial charge is 0.253 e. The molecular formula is C13H5Cl3O3. The van der Waals surface area contributed by atoms with Crippen molar-refractivity contribution in [1.29, 1.82) is 0 Å². The van der Waals surface area contributed by atoms with Crippen molar-refractivity contribution in [3.63, 3.8) is 0 Å². The van der Waals surface area contributed by atoms with Crippen molar-refractivity contribution in [3.8, 4) is 0 Å². The summed E-state index contributed by atoms with van der Waals surface area (Å²) in [4.78, 5) is 34.4. The van der Waals surface area contributed by atoms with Gasteiger partial charge in [-0.15, -0.1) is 0 Å². The third-order valence-corrected chi connectivity index (χ3v) is 3.24. The number of carbonyl (C=O) groups excluding carboxylic acids is 3. The molecule has 3 nitrogen and oxygen atoms in total. The van der Waals surface area contributed by atoms with Crippen LogP contribution in [0, 0.1) is 0 Å². The second-order valence-corrected chi connectivity index (χ2v) is 4.75.